The lowest BCUT2D eigenvalue weighted by Gasteiger charge is -2.00. The average molecular weight is 295 g/mol. The average Bonchev–Trinajstić information content (AvgIpc) is 2.88. The van der Waals surface area contributed by atoms with Gasteiger partial charge >= 0.3 is 5.97 Å². The van der Waals surface area contributed by atoms with Crippen molar-refractivity contribution in [2.75, 3.05) is 0 Å². The highest BCUT2D eigenvalue weighted by atomic mass is 19.1. The first kappa shape index (κ1) is 14.2. The van der Waals surface area contributed by atoms with Gasteiger partial charge in [-0.3, -0.25) is 0 Å². The molecule has 0 aliphatic carbocycles. The molecule has 0 radical (unpaired) electrons. The van der Waals surface area contributed by atoms with E-state index in [4.69, 9.17) is 4.74 Å². The zero-order valence-electron chi connectivity index (χ0n) is 11.8. The van der Waals surface area contributed by atoms with Crippen molar-refractivity contribution >= 4 is 17.9 Å². The Bertz CT molecular complexity index is 733. The third-order valence-corrected chi connectivity index (χ3v) is 3.31. The predicted octanol–water partition coefficient (Wildman–Crippen LogP) is 3.75. The molecule has 3 nitrogen and oxygen atoms in total. The molecule has 0 spiro atoms. The van der Waals surface area contributed by atoms with Crippen LogP contribution in [0.1, 0.15) is 17.5 Å². The van der Waals surface area contributed by atoms with Gasteiger partial charge in [0.1, 0.15) is 5.82 Å². The first-order chi connectivity index (χ1) is 10.7. The van der Waals surface area contributed by atoms with Crippen molar-refractivity contribution in [3.63, 3.8) is 0 Å². The summed E-state index contributed by atoms with van der Waals surface area (Å²) in [4.78, 5) is 16.0. The van der Waals surface area contributed by atoms with Gasteiger partial charge in [0.2, 0.25) is 0 Å². The summed E-state index contributed by atoms with van der Waals surface area (Å²) in [6, 6.07) is 15.8. The number of carbonyl (C=O) groups is 1. The summed E-state index contributed by atoms with van der Waals surface area (Å²) < 4.78 is 18.0. The molecule has 0 amide bonds. The molecular formula is C18H14FNO2. The standard InChI is InChI=1S/C18H14FNO2/c19-15-9-6-13(7-10-15)8-11-17-20-16(18(21)22-17)12-14-4-2-1-3-5-14/h1-7,9-10,12H,8,11H2/b16-12+. The summed E-state index contributed by atoms with van der Waals surface area (Å²) >= 11 is 0. The lowest BCUT2D eigenvalue weighted by atomic mass is 10.1. The maximum Gasteiger partial charge on any atom is 0.363 e. The molecule has 0 atom stereocenters. The second kappa shape index (κ2) is 6.35. The van der Waals surface area contributed by atoms with Crippen molar-refractivity contribution in [1.29, 1.82) is 0 Å². The summed E-state index contributed by atoms with van der Waals surface area (Å²) in [5, 5.41) is 0. The van der Waals surface area contributed by atoms with Crippen LogP contribution in [-0.2, 0) is 16.0 Å². The fourth-order valence-corrected chi connectivity index (χ4v) is 2.17. The van der Waals surface area contributed by atoms with Gasteiger partial charge in [-0.15, -0.1) is 0 Å². The lowest BCUT2D eigenvalue weighted by molar-refractivity contribution is -0.130. The molecule has 0 unspecified atom stereocenters. The van der Waals surface area contributed by atoms with E-state index in [-0.39, 0.29) is 5.82 Å². The maximum atomic E-state index is 12.8. The second-order valence-electron chi connectivity index (χ2n) is 4.96. The van der Waals surface area contributed by atoms with E-state index in [1.165, 1.54) is 12.1 Å². The monoisotopic (exact) mass is 295 g/mol. The van der Waals surface area contributed by atoms with Crippen LogP contribution in [0, 0.1) is 5.82 Å². The van der Waals surface area contributed by atoms with Crippen LogP contribution >= 0.6 is 0 Å². The zero-order valence-corrected chi connectivity index (χ0v) is 11.8. The van der Waals surface area contributed by atoms with Crippen LogP contribution in [0.25, 0.3) is 6.08 Å². The Labute approximate surface area is 127 Å². The molecule has 2 aromatic rings. The Morgan fingerprint density at radius 3 is 2.45 bits per heavy atom. The van der Waals surface area contributed by atoms with Crippen molar-refractivity contribution in [2.24, 2.45) is 4.99 Å². The topological polar surface area (TPSA) is 38.7 Å². The van der Waals surface area contributed by atoms with Crippen molar-refractivity contribution in [2.45, 2.75) is 12.8 Å². The third kappa shape index (κ3) is 3.47. The van der Waals surface area contributed by atoms with Gasteiger partial charge in [-0.2, -0.15) is 0 Å². The Kier molecular flexibility index (Phi) is 4.10. The van der Waals surface area contributed by atoms with Crippen LogP contribution in [0.2, 0.25) is 0 Å². The predicted molar refractivity (Wildman–Crippen MR) is 82.7 cm³/mol. The number of carbonyl (C=O) groups excluding carboxylic acids is 1. The molecule has 0 fully saturated rings. The van der Waals surface area contributed by atoms with Gasteiger partial charge in [0, 0.05) is 6.42 Å². The van der Waals surface area contributed by atoms with Crippen LogP contribution in [-0.4, -0.2) is 11.9 Å². The van der Waals surface area contributed by atoms with Crippen molar-refractivity contribution in [3.8, 4) is 0 Å². The molecule has 22 heavy (non-hydrogen) atoms. The number of esters is 1. The highest BCUT2D eigenvalue weighted by Gasteiger charge is 2.22. The number of hydrogen-bond acceptors (Lipinski definition) is 3. The fourth-order valence-electron chi connectivity index (χ4n) is 2.17. The van der Waals surface area contributed by atoms with Crippen LogP contribution in [0.15, 0.2) is 65.3 Å². The van der Waals surface area contributed by atoms with E-state index < -0.39 is 5.97 Å². The number of halogens is 1. The number of aryl methyl sites for hydroxylation is 1. The summed E-state index contributed by atoms with van der Waals surface area (Å²) in [6.07, 6.45) is 2.85. The van der Waals surface area contributed by atoms with E-state index in [2.05, 4.69) is 4.99 Å². The van der Waals surface area contributed by atoms with Gasteiger partial charge in [0.05, 0.1) is 0 Å². The van der Waals surface area contributed by atoms with Crippen molar-refractivity contribution in [1.82, 2.24) is 0 Å². The van der Waals surface area contributed by atoms with Crippen LogP contribution in [0.3, 0.4) is 0 Å². The summed E-state index contributed by atoms with van der Waals surface area (Å²) in [7, 11) is 0. The Morgan fingerprint density at radius 1 is 1.00 bits per heavy atom. The Balaban J connectivity index is 1.68. The van der Waals surface area contributed by atoms with E-state index >= 15 is 0 Å². The number of hydrogen-bond donors (Lipinski definition) is 0. The minimum atomic E-state index is -0.432. The summed E-state index contributed by atoms with van der Waals surface area (Å²) in [5.41, 5.74) is 2.18. The number of aliphatic imine (C=N–C) groups is 1. The first-order valence-electron chi connectivity index (χ1n) is 7.02. The van der Waals surface area contributed by atoms with Gasteiger partial charge in [0.25, 0.3) is 0 Å². The smallest absolute Gasteiger partial charge is 0.363 e. The minimum Gasteiger partial charge on any atom is -0.407 e. The minimum absolute atomic E-state index is 0.263. The maximum absolute atomic E-state index is 12.8. The highest BCUT2D eigenvalue weighted by molar-refractivity contribution is 6.07. The number of benzene rings is 2. The van der Waals surface area contributed by atoms with Crippen molar-refractivity contribution in [3.05, 3.63) is 77.2 Å². The zero-order chi connectivity index (χ0) is 15.4. The van der Waals surface area contributed by atoms with E-state index in [0.717, 1.165) is 11.1 Å². The molecule has 110 valence electrons. The van der Waals surface area contributed by atoms with E-state index in [1.54, 1.807) is 18.2 Å². The van der Waals surface area contributed by atoms with Gasteiger partial charge < -0.3 is 4.74 Å². The number of ether oxygens (including phenoxy) is 1. The third-order valence-electron chi connectivity index (χ3n) is 3.31. The molecular weight excluding hydrogens is 281 g/mol. The molecule has 0 N–H and O–H groups in total. The summed E-state index contributed by atoms with van der Waals surface area (Å²) in [5.74, 6) is -0.295. The van der Waals surface area contributed by atoms with E-state index in [0.29, 0.717) is 24.4 Å². The SMILES string of the molecule is O=C1OC(CCc2ccc(F)cc2)=N/C1=C/c1ccccc1. The van der Waals surface area contributed by atoms with Gasteiger partial charge in [0.15, 0.2) is 11.6 Å². The normalized spacial score (nSPS) is 15.8. The molecule has 1 aliphatic rings. The Morgan fingerprint density at radius 2 is 1.73 bits per heavy atom. The largest absolute Gasteiger partial charge is 0.407 e. The number of cyclic esters (lactones) is 1. The Hall–Kier alpha value is -2.75. The van der Waals surface area contributed by atoms with Crippen molar-refractivity contribution < 1.29 is 13.9 Å². The number of rotatable bonds is 4. The highest BCUT2D eigenvalue weighted by Crippen LogP contribution is 2.18. The van der Waals surface area contributed by atoms with Gasteiger partial charge in [-0.1, -0.05) is 42.5 Å². The van der Waals surface area contributed by atoms with Crippen LogP contribution < -0.4 is 0 Å². The quantitative estimate of drug-likeness (QED) is 0.636. The van der Waals surface area contributed by atoms with Gasteiger partial charge in [-0.05, 0) is 35.8 Å². The number of nitrogens with zero attached hydrogens (tertiary/aromatic N) is 1. The summed E-state index contributed by atoms with van der Waals surface area (Å²) in [6.45, 7) is 0. The molecule has 0 bridgehead atoms. The van der Waals surface area contributed by atoms with E-state index in [9.17, 15) is 9.18 Å². The molecule has 1 heterocycles. The second-order valence-corrected chi connectivity index (χ2v) is 4.96. The molecule has 3 rings (SSSR count). The molecule has 1 aliphatic heterocycles. The molecule has 0 aromatic heterocycles. The van der Waals surface area contributed by atoms with Crippen LogP contribution in [0.5, 0.6) is 0 Å². The van der Waals surface area contributed by atoms with E-state index in [1.807, 2.05) is 30.3 Å². The molecule has 4 heteroatoms. The molecule has 0 saturated carbocycles. The molecule has 0 saturated heterocycles. The van der Waals surface area contributed by atoms with Crippen LogP contribution in [0.4, 0.5) is 4.39 Å². The lowest BCUT2D eigenvalue weighted by Crippen LogP contribution is -2.05. The fraction of sp³-hybridized carbons (Fsp3) is 0.111. The van der Waals surface area contributed by atoms with Gasteiger partial charge in [-0.25, -0.2) is 14.2 Å². The first-order valence-corrected chi connectivity index (χ1v) is 7.02. The molecule has 2 aromatic carbocycles.